The van der Waals surface area contributed by atoms with Crippen molar-refractivity contribution in [3.8, 4) is 0 Å². The van der Waals surface area contributed by atoms with Gasteiger partial charge in [-0.05, 0) is 49.7 Å². The molecule has 0 aliphatic carbocycles. The predicted octanol–water partition coefficient (Wildman–Crippen LogP) is 3.48. The van der Waals surface area contributed by atoms with Crippen LogP contribution >= 0.6 is 11.6 Å². The zero-order valence-electron chi connectivity index (χ0n) is 12.0. The van der Waals surface area contributed by atoms with Crippen LogP contribution in [0.25, 0.3) is 0 Å². The Hall–Kier alpha value is -1.78. The van der Waals surface area contributed by atoms with Crippen LogP contribution in [0.2, 0.25) is 5.02 Å². The van der Waals surface area contributed by atoms with Crippen molar-refractivity contribution in [3.05, 3.63) is 58.5 Å². The number of rotatable bonds is 5. The van der Waals surface area contributed by atoms with Gasteiger partial charge in [-0.15, -0.1) is 0 Å². The highest BCUT2D eigenvalue weighted by Crippen LogP contribution is 2.19. The first-order valence-electron chi connectivity index (χ1n) is 6.76. The van der Waals surface area contributed by atoms with E-state index in [1.54, 1.807) is 30.3 Å². The highest BCUT2D eigenvalue weighted by Gasteiger charge is 2.17. The number of carbonyl (C=O) groups is 1. The van der Waals surface area contributed by atoms with Crippen LogP contribution in [0.4, 0.5) is 0 Å². The molecule has 5 heteroatoms. The molecule has 0 saturated carbocycles. The van der Waals surface area contributed by atoms with Crippen LogP contribution in [0.5, 0.6) is 0 Å². The molecular formula is C16H18ClNO3. The van der Waals surface area contributed by atoms with Crippen LogP contribution in [0.1, 0.15) is 41.1 Å². The van der Waals surface area contributed by atoms with Crippen molar-refractivity contribution < 1.29 is 14.3 Å². The fourth-order valence-corrected chi connectivity index (χ4v) is 2.20. The number of furan rings is 1. The lowest BCUT2D eigenvalue weighted by Crippen LogP contribution is -2.33. The van der Waals surface area contributed by atoms with Crippen molar-refractivity contribution >= 4 is 17.5 Å². The minimum absolute atomic E-state index is 0.186. The summed E-state index contributed by atoms with van der Waals surface area (Å²) < 4.78 is 5.14. The van der Waals surface area contributed by atoms with E-state index in [0.29, 0.717) is 22.8 Å². The van der Waals surface area contributed by atoms with Crippen molar-refractivity contribution in [2.24, 2.45) is 0 Å². The van der Waals surface area contributed by atoms with Crippen molar-refractivity contribution in [1.82, 2.24) is 5.32 Å². The van der Waals surface area contributed by atoms with Crippen LogP contribution in [-0.2, 0) is 0 Å². The molecule has 0 bridgehead atoms. The Labute approximate surface area is 128 Å². The minimum atomic E-state index is -0.734. The standard InChI is InChI=1S/C16H18ClNO3/c1-10-8-12(5-6-13(10)17)16(20)18-11(2)9-14(19)15-4-3-7-21-15/h3-8,11,14,19H,9H2,1-2H3,(H,18,20). The summed E-state index contributed by atoms with van der Waals surface area (Å²) in [6.45, 7) is 3.69. The van der Waals surface area contributed by atoms with E-state index in [4.69, 9.17) is 16.0 Å². The molecule has 1 aromatic heterocycles. The molecule has 0 radical (unpaired) electrons. The number of amides is 1. The Balaban J connectivity index is 1.94. The summed E-state index contributed by atoms with van der Waals surface area (Å²) in [4.78, 5) is 12.1. The van der Waals surface area contributed by atoms with E-state index in [9.17, 15) is 9.90 Å². The lowest BCUT2D eigenvalue weighted by molar-refractivity contribution is 0.0903. The lowest BCUT2D eigenvalue weighted by Gasteiger charge is -2.17. The van der Waals surface area contributed by atoms with Gasteiger partial charge in [-0.25, -0.2) is 0 Å². The number of aliphatic hydroxyl groups excluding tert-OH is 1. The van der Waals surface area contributed by atoms with Crippen LogP contribution in [-0.4, -0.2) is 17.1 Å². The number of carbonyl (C=O) groups excluding carboxylic acids is 1. The molecule has 0 aliphatic rings. The Morgan fingerprint density at radius 1 is 1.43 bits per heavy atom. The van der Waals surface area contributed by atoms with Crippen molar-refractivity contribution in [2.75, 3.05) is 0 Å². The van der Waals surface area contributed by atoms with Crippen LogP contribution in [0.15, 0.2) is 41.0 Å². The van der Waals surface area contributed by atoms with E-state index in [1.165, 1.54) is 6.26 Å². The quantitative estimate of drug-likeness (QED) is 0.889. The number of hydrogen-bond donors (Lipinski definition) is 2. The minimum Gasteiger partial charge on any atom is -0.467 e. The highest BCUT2D eigenvalue weighted by atomic mass is 35.5. The van der Waals surface area contributed by atoms with Crippen molar-refractivity contribution in [1.29, 1.82) is 0 Å². The number of halogens is 1. The largest absolute Gasteiger partial charge is 0.467 e. The van der Waals surface area contributed by atoms with Gasteiger partial charge in [0.05, 0.1) is 6.26 Å². The van der Waals surface area contributed by atoms with Crippen molar-refractivity contribution in [3.63, 3.8) is 0 Å². The van der Waals surface area contributed by atoms with Gasteiger partial charge in [0.2, 0.25) is 0 Å². The molecule has 2 aromatic rings. The normalized spacial score (nSPS) is 13.7. The van der Waals surface area contributed by atoms with Gasteiger partial charge in [-0.3, -0.25) is 4.79 Å². The first-order valence-corrected chi connectivity index (χ1v) is 7.13. The monoisotopic (exact) mass is 307 g/mol. The third-order valence-electron chi connectivity index (χ3n) is 3.25. The fourth-order valence-electron chi connectivity index (χ4n) is 2.08. The zero-order chi connectivity index (χ0) is 15.4. The maximum absolute atomic E-state index is 12.1. The van der Waals surface area contributed by atoms with E-state index < -0.39 is 6.10 Å². The molecule has 112 valence electrons. The number of aliphatic hydroxyl groups is 1. The van der Waals surface area contributed by atoms with Gasteiger partial charge in [0, 0.05) is 23.0 Å². The van der Waals surface area contributed by atoms with E-state index >= 15 is 0 Å². The Bertz CT molecular complexity index is 610. The summed E-state index contributed by atoms with van der Waals surface area (Å²) in [6, 6.07) is 8.37. The molecule has 21 heavy (non-hydrogen) atoms. The molecule has 0 saturated heterocycles. The topological polar surface area (TPSA) is 62.5 Å². The maximum Gasteiger partial charge on any atom is 0.251 e. The van der Waals surface area contributed by atoms with E-state index in [2.05, 4.69) is 5.32 Å². The Morgan fingerprint density at radius 2 is 2.19 bits per heavy atom. The molecule has 1 aromatic carbocycles. The lowest BCUT2D eigenvalue weighted by atomic mass is 10.1. The van der Waals surface area contributed by atoms with Crippen LogP contribution in [0.3, 0.4) is 0 Å². The predicted molar refractivity (Wildman–Crippen MR) is 81.4 cm³/mol. The molecule has 4 nitrogen and oxygen atoms in total. The maximum atomic E-state index is 12.1. The summed E-state index contributed by atoms with van der Waals surface area (Å²) in [5.74, 6) is 0.312. The SMILES string of the molecule is Cc1cc(C(=O)NC(C)CC(O)c2ccco2)ccc1Cl. The van der Waals surface area contributed by atoms with E-state index in [1.807, 2.05) is 13.8 Å². The summed E-state index contributed by atoms with van der Waals surface area (Å²) in [5.41, 5.74) is 1.41. The van der Waals surface area contributed by atoms with Crippen LogP contribution in [0, 0.1) is 6.92 Å². The van der Waals surface area contributed by atoms with Gasteiger partial charge in [-0.2, -0.15) is 0 Å². The Kier molecular flexibility index (Phi) is 5.04. The third-order valence-corrected chi connectivity index (χ3v) is 3.67. The molecule has 2 unspecified atom stereocenters. The number of benzene rings is 1. The molecule has 1 amide bonds. The van der Waals surface area contributed by atoms with Crippen LogP contribution < -0.4 is 5.32 Å². The van der Waals surface area contributed by atoms with Gasteiger partial charge in [0.25, 0.3) is 5.91 Å². The van der Waals surface area contributed by atoms with E-state index in [-0.39, 0.29) is 11.9 Å². The van der Waals surface area contributed by atoms with Gasteiger partial charge >= 0.3 is 0 Å². The molecule has 2 atom stereocenters. The van der Waals surface area contributed by atoms with Gasteiger partial charge in [0.1, 0.15) is 11.9 Å². The van der Waals surface area contributed by atoms with E-state index in [0.717, 1.165) is 5.56 Å². The van der Waals surface area contributed by atoms with Gasteiger partial charge < -0.3 is 14.8 Å². The molecule has 2 rings (SSSR count). The average molecular weight is 308 g/mol. The smallest absolute Gasteiger partial charge is 0.251 e. The third kappa shape index (κ3) is 4.09. The second kappa shape index (κ2) is 6.78. The molecule has 0 fully saturated rings. The molecule has 2 N–H and O–H groups in total. The van der Waals surface area contributed by atoms with Crippen molar-refractivity contribution in [2.45, 2.75) is 32.4 Å². The number of aryl methyl sites for hydroxylation is 1. The number of hydrogen-bond acceptors (Lipinski definition) is 3. The molecule has 1 heterocycles. The summed E-state index contributed by atoms with van der Waals surface area (Å²) >= 11 is 5.94. The summed E-state index contributed by atoms with van der Waals surface area (Å²) in [5, 5.41) is 13.5. The Morgan fingerprint density at radius 3 is 2.81 bits per heavy atom. The first kappa shape index (κ1) is 15.6. The molecule has 0 aliphatic heterocycles. The second-order valence-corrected chi connectivity index (χ2v) is 5.51. The molecular weight excluding hydrogens is 290 g/mol. The summed E-state index contributed by atoms with van der Waals surface area (Å²) in [6.07, 6.45) is 1.16. The first-order chi connectivity index (χ1) is 9.97. The van der Waals surface area contributed by atoms with Gasteiger partial charge in [0.15, 0.2) is 0 Å². The zero-order valence-corrected chi connectivity index (χ0v) is 12.7. The second-order valence-electron chi connectivity index (χ2n) is 5.11. The number of nitrogens with one attached hydrogen (secondary N) is 1. The van der Waals surface area contributed by atoms with Gasteiger partial charge in [-0.1, -0.05) is 11.6 Å². The highest BCUT2D eigenvalue weighted by molar-refractivity contribution is 6.31. The average Bonchev–Trinajstić information content (AvgIpc) is 2.95. The fraction of sp³-hybridized carbons (Fsp3) is 0.312. The summed E-state index contributed by atoms with van der Waals surface area (Å²) in [7, 11) is 0. The molecule has 0 spiro atoms.